The maximum Gasteiger partial charge on any atom is 0.243 e. The number of methoxy groups -OCH3 is 1. The zero-order chi connectivity index (χ0) is 19.2. The average molecular weight is 389 g/mol. The lowest BCUT2D eigenvalue weighted by Gasteiger charge is -2.34. The zero-order valence-corrected chi connectivity index (χ0v) is 16.4. The van der Waals surface area contributed by atoms with E-state index >= 15 is 0 Å². The fourth-order valence-electron chi connectivity index (χ4n) is 2.99. The predicted octanol–water partition coefficient (Wildman–Crippen LogP) is 3.15. The van der Waals surface area contributed by atoms with E-state index in [1.807, 2.05) is 12.1 Å². The molecule has 1 heterocycles. The minimum Gasteiger partial charge on any atom is -0.495 e. The van der Waals surface area contributed by atoms with Gasteiger partial charge in [0.25, 0.3) is 0 Å². The van der Waals surface area contributed by atoms with Gasteiger partial charge in [0.15, 0.2) is 0 Å². The monoisotopic (exact) mass is 388 g/mol. The molecule has 0 aromatic heterocycles. The van der Waals surface area contributed by atoms with Crippen molar-refractivity contribution in [2.24, 2.45) is 0 Å². The van der Waals surface area contributed by atoms with Crippen LogP contribution in [0.5, 0.6) is 5.75 Å². The molecule has 0 saturated carbocycles. The SMILES string of the molecule is COc1ccc(NC(=O)CNc2ccc(N3CCN(C)CC3)cc2)cc1Cl. The Kier molecular flexibility index (Phi) is 6.42. The molecule has 2 aromatic carbocycles. The number of piperazine rings is 1. The van der Waals surface area contributed by atoms with Crippen LogP contribution in [0, 0.1) is 0 Å². The van der Waals surface area contributed by atoms with Crippen molar-refractivity contribution >= 4 is 34.6 Å². The Balaban J connectivity index is 1.49. The summed E-state index contributed by atoms with van der Waals surface area (Å²) in [5, 5.41) is 6.42. The predicted molar refractivity (Wildman–Crippen MR) is 111 cm³/mol. The van der Waals surface area contributed by atoms with Gasteiger partial charge in [-0.15, -0.1) is 0 Å². The van der Waals surface area contributed by atoms with E-state index in [-0.39, 0.29) is 12.5 Å². The molecule has 1 saturated heterocycles. The molecule has 1 amide bonds. The third kappa shape index (κ3) is 5.28. The van der Waals surface area contributed by atoms with Crippen molar-refractivity contribution in [1.29, 1.82) is 0 Å². The van der Waals surface area contributed by atoms with Crippen molar-refractivity contribution < 1.29 is 9.53 Å². The van der Waals surface area contributed by atoms with Crippen LogP contribution >= 0.6 is 11.6 Å². The largest absolute Gasteiger partial charge is 0.495 e. The van der Waals surface area contributed by atoms with Crippen molar-refractivity contribution in [2.75, 3.05) is 62.4 Å². The summed E-state index contributed by atoms with van der Waals surface area (Å²) in [7, 11) is 3.70. The summed E-state index contributed by atoms with van der Waals surface area (Å²) < 4.78 is 5.11. The van der Waals surface area contributed by atoms with Gasteiger partial charge in [0.1, 0.15) is 5.75 Å². The molecule has 144 valence electrons. The molecule has 1 aliphatic rings. The van der Waals surface area contributed by atoms with Crippen LogP contribution in [0.25, 0.3) is 0 Å². The maximum atomic E-state index is 12.1. The van der Waals surface area contributed by atoms with Gasteiger partial charge in [-0.3, -0.25) is 4.79 Å². The summed E-state index contributed by atoms with van der Waals surface area (Å²) >= 11 is 6.07. The van der Waals surface area contributed by atoms with Gasteiger partial charge in [-0.25, -0.2) is 0 Å². The first-order chi connectivity index (χ1) is 13.0. The summed E-state index contributed by atoms with van der Waals surface area (Å²) in [6, 6.07) is 13.3. The van der Waals surface area contributed by atoms with Crippen LogP contribution in [0.3, 0.4) is 0 Å². The number of rotatable bonds is 6. The lowest BCUT2D eigenvalue weighted by atomic mass is 10.2. The highest BCUT2D eigenvalue weighted by Gasteiger charge is 2.14. The molecule has 27 heavy (non-hydrogen) atoms. The Hall–Kier alpha value is -2.44. The Morgan fingerprint density at radius 2 is 1.74 bits per heavy atom. The second-order valence-electron chi connectivity index (χ2n) is 6.59. The smallest absolute Gasteiger partial charge is 0.243 e. The summed E-state index contributed by atoms with van der Waals surface area (Å²) in [4.78, 5) is 16.8. The van der Waals surface area contributed by atoms with E-state index in [0.717, 1.165) is 31.9 Å². The number of hydrogen-bond acceptors (Lipinski definition) is 5. The lowest BCUT2D eigenvalue weighted by molar-refractivity contribution is -0.114. The number of carbonyl (C=O) groups excluding carboxylic acids is 1. The van der Waals surface area contributed by atoms with E-state index in [1.54, 1.807) is 25.3 Å². The van der Waals surface area contributed by atoms with Gasteiger partial charge < -0.3 is 25.2 Å². The maximum absolute atomic E-state index is 12.1. The molecule has 0 radical (unpaired) electrons. The quantitative estimate of drug-likeness (QED) is 0.796. The lowest BCUT2D eigenvalue weighted by Crippen LogP contribution is -2.44. The molecular formula is C20H25ClN4O2. The third-order valence-electron chi connectivity index (χ3n) is 4.62. The second-order valence-corrected chi connectivity index (χ2v) is 7.00. The van der Waals surface area contributed by atoms with E-state index in [4.69, 9.17) is 16.3 Å². The fraction of sp³-hybridized carbons (Fsp3) is 0.350. The van der Waals surface area contributed by atoms with Crippen molar-refractivity contribution in [3.8, 4) is 5.75 Å². The number of anilines is 3. The Labute approximate surface area is 165 Å². The number of nitrogens with one attached hydrogen (secondary N) is 2. The molecule has 0 spiro atoms. The van der Waals surface area contributed by atoms with Crippen LogP contribution in [0.4, 0.5) is 17.1 Å². The minimum absolute atomic E-state index is 0.139. The highest BCUT2D eigenvalue weighted by atomic mass is 35.5. The van der Waals surface area contributed by atoms with Crippen LogP contribution < -0.4 is 20.3 Å². The first kappa shape index (κ1) is 19.3. The van der Waals surface area contributed by atoms with Crippen molar-refractivity contribution in [3.63, 3.8) is 0 Å². The molecule has 2 aromatic rings. The van der Waals surface area contributed by atoms with Gasteiger partial charge in [0.2, 0.25) is 5.91 Å². The van der Waals surface area contributed by atoms with Crippen LogP contribution in [0.15, 0.2) is 42.5 Å². The Morgan fingerprint density at radius 3 is 2.37 bits per heavy atom. The summed E-state index contributed by atoms with van der Waals surface area (Å²) in [6.45, 7) is 4.41. The molecule has 1 aliphatic heterocycles. The number of benzene rings is 2. The molecular weight excluding hydrogens is 364 g/mol. The topological polar surface area (TPSA) is 56.8 Å². The van der Waals surface area contributed by atoms with Gasteiger partial charge >= 0.3 is 0 Å². The number of carbonyl (C=O) groups is 1. The van der Waals surface area contributed by atoms with Crippen molar-refractivity contribution in [3.05, 3.63) is 47.5 Å². The number of likely N-dealkylation sites (N-methyl/N-ethyl adjacent to an activating group) is 1. The standard InChI is InChI=1S/C20H25ClN4O2/c1-24-9-11-25(12-10-24)17-6-3-15(4-7-17)22-14-20(26)23-16-5-8-19(27-2)18(21)13-16/h3-8,13,22H,9-12,14H2,1-2H3,(H,23,26). The van der Waals surface area contributed by atoms with Crippen LogP contribution in [-0.2, 0) is 4.79 Å². The van der Waals surface area contributed by atoms with Crippen LogP contribution in [0.2, 0.25) is 5.02 Å². The molecule has 3 rings (SSSR count). The summed E-state index contributed by atoms with van der Waals surface area (Å²) in [6.07, 6.45) is 0. The molecule has 0 unspecified atom stereocenters. The molecule has 0 atom stereocenters. The summed E-state index contributed by atoms with van der Waals surface area (Å²) in [5.41, 5.74) is 2.76. The number of amides is 1. The number of hydrogen-bond donors (Lipinski definition) is 2. The number of ether oxygens (including phenoxy) is 1. The highest BCUT2D eigenvalue weighted by molar-refractivity contribution is 6.32. The molecule has 0 bridgehead atoms. The molecule has 1 fully saturated rings. The van der Waals surface area contributed by atoms with Gasteiger partial charge in [0.05, 0.1) is 18.7 Å². The zero-order valence-electron chi connectivity index (χ0n) is 15.7. The second kappa shape index (κ2) is 8.97. The highest BCUT2D eigenvalue weighted by Crippen LogP contribution is 2.27. The number of halogens is 1. The molecule has 0 aliphatic carbocycles. The normalized spacial score (nSPS) is 14.7. The molecule has 7 heteroatoms. The average Bonchev–Trinajstić information content (AvgIpc) is 2.68. The van der Waals surface area contributed by atoms with Gasteiger partial charge in [-0.2, -0.15) is 0 Å². The third-order valence-corrected chi connectivity index (χ3v) is 4.92. The van der Waals surface area contributed by atoms with E-state index in [2.05, 4.69) is 39.6 Å². The van der Waals surface area contributed by atoms with E-state index in [1.165, 1.54) is 5.69 Å². The van der Waals surface area contributed by atoms with Gasteiger partial charge in [-0.05, 0) is 49.5 Å². The first-order valence-electron chi connectivity index (χ1n) is 8.96. The fourth-order valence-corrected chi connectivity index (χ4v) is 3.24. The number of nitrogens with zero attached hydrogens (tertiary/aromatic N) is 2. The molecule has 6 nitrogen and oxygen atoms in total. The van der Waals surface area contributed by atoms with Crippen LogP contribution in [-0.4, -0.2) is 57.7 Å². The molecule has 2 N–H and O–H groups in total. The van der Waals surface area contributed by atoms with Gasteiger partial charge in [0, 0.05) is 43.2 Å². The first-order valence-corrected chi connectivity index (χ1v) is 9.34. The van der Waals surface area contributed by atoms with E-state index in [9.17, 15) is 4.79 Å². The minimum atomic E-state index is -0.139. The Bertz CT molecular complexity index is 774. The van der Waals surface area contributed by atoms with Crippen LogP contribution in [0.1, 0.15) is 0 Å². The van der Waals surface area contributed by atoms with Crippen molar-refractivity contribution in [2.45, 2.75) is 0 Å². The van der Waals surface area contributed by atoms with Gasteiger partial charge in [-0.1, -0.05) is 11.6 Å². The van der Waals surface area contributed by atoms with E-state index in [0.29, 0.717) is 16.5 Å². The van der Waals surface area contributed by atoms with Crippen molar-refractivity contribution in [1.82, 2.24) is 4.90 Å². The summed E-state index contributed by atoms with van der Waals surface area (Å²) in [5.74, 6) is 0.438. The Morgan fingerprint density at radius 1 is 1.07 bits per heavy atom. The van der Waals surface area contributed by atoms with E-state index < -0.39 is 0 Å².